The highest BCUT2D eigenvalue weighted by Gasteiger charge is 2.14. The summed E-state index contributed by atoms with van der Waals surface area (Å²) in [7, 11) is 0. The molecule has 0 spiro atoms. The molecule has 110 valence electrons. The van der Waals surface area contributed by atoms with E-state index in [0.29, 0.717) is 17.1 Å². The van der Waals surface area contributed by atoms with Crippen molar-refractivity contribution in [2.24, 2.45) is 10.9 Å². The smallest absolute Gasteiger partial charge is 0.175 e. The summed E-state index contributed by atoms with van der Waals surface area (Å²) in [5.74, 6) is 1.31. The molecule has 2 aromatic rings. The van der Waals surface area contributed by atoms with Gasteiger partial charge in [0, 0.05) is 9.79 Å². The second kappa shape index (κ2) is 7.28. The lowest BCUT2D eigenvalue weighted by Gasteiger charge is -2.13. The number of hydrogen-bond donors (Lipinski definition) is 2. The monoisotopic (exact) mass is 320 g/mol. The Hall–Kier alpha value is -1.79. The van der Waals surface area contributed by atoms with Crippen molar-refractivity contribution in [2.45, 2.75) is 9.79 Å². The van der Waals surface area contributed by atoms with Crippen LogP contribution in [0.4, 0.5) is 0 Å². The van der Waals surface area contributed by atoms with Gasteiger partial charge in [-0.1, -0.05) is 11.2 Å². The Morgan fingerprint density at radius 2 is 1.81 bits per heavy atom. The number of hydrogen-bond acceptors (Lipinski definition) is 5. The number of nitrogens with zero attached hydrogens (tertiary/aromatic N) is 1. The summed E-state index contributed by atoms with van der Waals surface area (Å²) in [6.45, 7) is 0. The minimum atomic E-state index is 0.0377. The van der Waals surface area contributed by atoms with Gasteiger partial charge in [0.25, 0.3) is 0 Å². The van der Waals surface area contributed by atoms with E-state index < -0.39 is 0 Å². The predicted octanol–water partition coefficient (Wildman–Crippen LogP) is 4.02. The normalized spacial score (nSPS) is 11.4. The molecule has 0 fully saturated rings. The van der Waals surface area contributed by atoms with E-state index in [1.807, 2.05) is 48.9 Å². The average Bonchev–Trinajstić information content (AvgIpc) is 2.54. The van der Waals surface area contributed by atoms with Crippen molar-refractivity contribution >= 4 is 29.4 Å². The van der Waals surface area contributed by atoms with Crippen LogP contribution in [0, 0.1) is 0 Å². The number of thioether (sulfide) groups is 2. The van der Waals surface area contributed by atoms with Crippen LogP contribution in [-0.2, 0) is 0 Å². The second-order valence-electron chi connectivity index (χ2n) is 4.10. The predicted molar refractivity (Wildman–Crippen MR) is 89.0 cm³/mol. The Morgan fingerprint density at radius 3 is 2.38 bits per heavy atom. The maximum Gasteiger partial charge on any atom is 0.175 e. The molecule has 0 saturated heterocycles. The van der Waals surface area contributed by atoms with Crippen LogP contribution in [0.15, 0.2) is 57.4 Å². The Morgan fingerprint density at radius 1 is 1.10 bits per heavy atom. The Balaban J connectivity index is 2.38. The lowest BCUT2D eigenvalue weighted by Crippen LogP contribution is -2.15. The SMILES string of the molecule is CSc1ccc(Oc2cccc(SC)c2/C(N)=N/O)cc1. The van der Waals surface area contributed by atoms with Gasteiger partial charge in [-0.25, -0.2) is 0 Å². The van der Waals surface area contributed by atoms with Crippen LogP contribution in [0.5, 0.6) is 11.5 Å². The van der Waals surface area contributed by atoms with Gasteiger partial charge in [0.15, 0.2) is 5.84 Å². The zero-order valence-electron chi connectivity index (χ0n) is 11.7. The Kier molecular flexibility index (Phi) is 5.41. The first-order chi connectivity index (χ1) is 10.2. The molecule has 0 aliphatic heterocycles. The molecule has 0 radical (unpaired) electrons. The first-order valence-electron chi connectivity index (χ1n) is 6.16. The molecule has 2 rings (SSSR count). The third-order valence-corrected chi connectivity index (χ3v) is 4.38. The molecule has 6 heteroatoms. The van der Waals surface area contributed by atoms with Gasteiger partial charge in [0.2, 0.25) is 0 Å². The largest absolute Gasteiger partial charge is 0.457 e. The van der Waals surface area contributed by atoms with Crippen molar-refractivity contribution in [3.05, 3.63) is 48.0 Å². The zero-order chi connectivity index (χ0) is 15.2. The summed E-state index contributed by atoms with van der Waals surface area (Å²) in [5.41, 5.74) is 6.37. The summed E-state index contributed by atoms with van der Waals surface area (Å²) in [4.78, 5) is 2.06. The molecule has 0 bridgehead atoms. The van der Waals surface area contributed by atoms with Gasteiger partial charge in [0.1, 0.15) is 11.5 Å². The van der Waals surface area contributed by atoms with Crippen molar-refractivity contribution in [3.8, 4) is 11.5 Å². The van der Waals surface area contributed by atoms with Gasteiger partial charge < -0.3 is 15.7 Å². The van der Waals surface area contributed by atoms with Crippen LogP contribution in [0.25, 0.3) is 0 Å². The molecular formula is C15H16N2O2S2. The summed E-state index contributed by atoms with van der Waals surface area (Å²) >= 11 is 3.19. The lowest BCUT2D eigenvalue weighted by atomic mass is 10.2. The van der Waals surface area contributed by atoms with Crippen LogP contribution in [-0.4, -0.2) is 23.6 Å². The van der Waals surface area contributed by atoms with E-state index in [0.717, 1.165) is 9.79 Å². The van der Waals surface area contributed by atoms with Gasteiger partial charge in [-0.05, 0) is 48.9 Å². The van der Waals surface area contributed by atoms with E-state index in [1.165, 1.54) is 11.8 Å². The van der Waals surface area contributed by atoms with Crippen LogP contribution in [0.1, 0.15) is 5.56 Å². The van der Waals surface area contributed by atoms with Crippen molar-refractivity contribution in [1.29, 1.82) is 0 Å². The summed E-state index contributed by atoms with van der Waals surface area (Å²) < 4.78 is 5.88. The van der Waals surface area contributed by atoms with E-state index >= 15 is 0 Å². The molecule has 0 saturated carbocycles. The van der Waals surface area contributed by atoms with Gasteiger partial charge in [0.05, 0.1) is 5.56 Å². The average molecular weight is 320 g/mol. The van der Waals surface area contributed by atoms with Crippen molar-refractivity contribution in [3.63, 3.8) is 0 Å². The molecule has 0 atom stereocenters. The molecule has 0 aliphatic rings. The molecule has 0 heterocycles. The molecule has 0 aromatic heterocycles. The highest BCUT2D eigenvalue weighted by molar-refractivity contribution is 7.98. The van der Waals surface area contributed by atoms with Crippen LogP contribution < -0.4 is 10.5 Å². The van der Waals surface area contributed by atoms with Gasteiger partial charge in [-0.15, -0.1) is 23.5 Å². The quantitative estimate of drug-likeness (QED) is 0.286. The number of benzene rings is 2. The highest BCUT2D eigenvalue weighted by Crippen LogP contribution is 2.32. The zero-order valence-corrected chi connectivity index (χ0v) is 13.4. The fourth-order valence-corrected chi connectivity index (χ4v) is 2.87. The Bertz CT molecular complexity index is 643. The number of amidine groups is 1. The summed E-state index contributed by atoms with van der Waals surface area (Å²) in [6.07, 6.45) is 3.95. The second-order valence-corrected chi connectivity index (χ2v) is 5.82. The molecule has 2 aromatic carbocycles. The fourth-order valence-electron chi connectivity index (χ4n) is 1.84. The standard InChI is InChI=1S/C15H16N2O2S2/c1-20-11-8-6-10(7-9-11)19-12-4-3-5-13(21-2)14(12)15(16)17-18/h3-9,18H,1-2H3,(H2,16,17). The van der Waals surface area contributed by atoms with E-state index in [2.05, 4.69) is 5.16 Å². The van der Waals surface area contributed by atoms with Gasteiger partial charge in [-0.3, -0.25) is 0 Å². The fraction of sp³-hybridized carbons (Fsp3) is 0.133. The topological polar surface area (TPSA) is 67.8 Å². The maximum absolute atomic E-state index is 8.96. The van der Waals surface area contributed by atoms with Crippen LogP contribution in [0.3, 0.4) is 0 Å². The molecule has 3 N–H and O–H groups in total. The van der Waals surface area contributed by atoms with E-state index in [1.54, 1.807) is 17.8 Å². The molecule has 0 unspecified atom stereocenters. The molecule has 0 aliphatic carbocycles. The van der Waals surface area contributed by atoms with Gasteiger partial charge in [-0.2, -0.15) is 0 Å². The molecule has 4 nitrogen and oxygen atoms in total. The van der Waals surface area contributed by atoms with Gasteiger partial charge >= 0.3 is 0 Å². The van der Waals surface area contributed by atoms with Crippen molar-refractivity contribution in [2.75, 3.05) is 12.5 Å². The minimum absolute atomic E-state index is 0.0377. The maximum atomic E-state index is 8.96. The molecule has 0 amide bonds. The molecule has 21 heavy (non-hydrogen) atoms. The molecular weight excluding hydrogens is 304 g/mol. The van der Waals surface area contributed by atoms with E-state index in [9.17, 15) is 0 Å². The number of oxime groups is 1. The number of ether oxygens (including phenoxy) is 1. The number of nitrogens with two attached hydrogens (primary N) is 1. The number of rotatable bonds is 5. The highest BCUT2D eigenvalue weighted by atomic mass is 32.2. The minimum Gasteiger partial charge on any atom is -0.457 e. The van der Waals surface area contributed by atoms with Crippen LogP contribution in [0.2, 0.25) is 0 Å². The first kappa shape index (κ1) is 15.6. The Labute approximate surface area is 132 Å². The van der Waals surface area contributed by atoms with Crippen molar-refractivity contribution in [1.82, 2.24) is 0 Å². The summed E-state index contributed by atoms with van der Waals surface area (Å²) in [5, 5.41) is 12.1. The third kappa shape index (κ3) is 3.65. The first-order valence-corrected chi connectivity index (χ1v) is 8.61. The third-order valence-electron chi connectivity index (χ3n) is 2.86. The summed E-state index contributed by atoms with van der Waals surface area (Å²) in [6, 6.07) is 13.4. The van der Waals surface area contributed by atoms with E-state index in [-0.39, 0.29) is 5.84 Å². The van der Waals surface area contributed by atoms with E-state index in [4.69, 9.17) is 15.7 Å². The van der Waals surface area contributed by atoms with Crippen molar-refractivity contribution < 1.29 is 9.94 Å². The van der Waals surface area contributed by atoms with Crippen LogP contribution >= 0.6 is 23.5 Å². The lowest BCUT2D eigenvalue weighted by molar-refractivity contribution is 0.318.